The number of hydrogen-bond acceptors (Lipinski definition) is 5. The van der Waals surface area contributed by atoms with Crippen molar-refractivity contribution in [2.75, 3.05) is 13.7 Å². The summed E-state index contributed by atoms with van der Waals surface area (Å²) in [5.41, 5.74) is 4.88. The number of nitrogens with one attached hydrogen (secondary N) is 1. The van der Waals surface area contributed by atoms with Crippen LogP contribution in [0, 0.1) is 0 Å². The molecule has 0 atom stereocenters. The van der Waals surface area contributed by atoms with E-state index < -0.39 is 0 Å². The Morgan fingerprint density at radius 1 is 1.06 bits per heavy atom. The summed E-state index contributed by atoms with van der Waals surface area (Å²) in [7, 11) is 1.67. The largest absolute Gasteiger partial charge is 0.497 e. The van der Waals surface area contributed by atoms with Crippen LogP contribution in [0.3, 0.4) is 0 Å². The van der Waals surface area contributed by atoms with E-state index >= 15 is 0 Å². The van der Waals surface area contributed by atoms with Crippen LogP contribution >= 0.6 is 11.8 Å². The predicted octanol–water partition coefficient (Wildman–Crippen LogP) is 4.53. The third kappa shape index (κ3) is 4.88. The van der Waals surface area contributed by atoms with E-state index in [2.05, 4.69) is 27.0 Å². The van der Waals surface area contributed by atoms with Crippen LogP contribution in [-0.4, -0.2) is 34.1 Å². The number of imidazole rings is 1. The van der Waals surface area contributed by atoms with Gasteiger partial charge in [0.2, 0.25) is 0 Å². The zero-order valence-corrected chi connectivity index (χ0v) is 18.4. The number of rotatable bonds is 8. The molecule has 4 aromatic rings. The van der Waals surface area contributed by atoms with Gasteiger partial charge in [0.15, 0.2) is 5.16 Å². The lowest BCUT2D eigenvalue weighted by molar-refractivity contribution is 0.0956. The van der Waals surface area contributed by atoms with Gasteiger partial charge in [-0.2, -0.15) is 0 Å². The van der Waals surface area contributed by atoms with Crippen molar-refractivity contribution in [3.63, 3.8) is 0 Å². The summed E-state index contributed by atoms with van der Waals surface area (Å²) in [6.07, 6.45) is 3.61. The summed E-state index contributed by atoms with van der Waals surface area (Å²) in [4.78, 5) is 21.1. The van der Waals surface area contributed by atoms with Gasteiger partial charge in [0.25, 0.3) is 5.91 Å². The van der Waals surface area contributed by atoms with Crippen molar-refractivity contribution in [3.8, 4) is 5.75 Å². The van der Waals surface area contributed by atoms with Crippen LogP contribution < -0.4 is 10.1 Å². The molecule has 0 saturated carbocycles. The summed E-state index contributed by atoms with van der Waals surface area (Å²) in [6, 6.07) is 17.7. The van der Waals surface area contributed by atoms with E-state index in [1.165, 1.54) is 5.56 Å². The summed E-state index contributed by atoms with van der Waals surface area (Å²) in [5.74, 6) is 1.60. The zero-order chi connectivity index (χ0) is 21.6. The average Bonchev–Trinajstić information content (AvgIpc) is 3.16. The highest BCUT2D eigenvalue weighted by Crippen LogP contribution is 2.28. The van der Waals surface area contributed by atoms with Crippen molar-refractivity contribution >= 4 is 28.7 Å². The van der Waals surface area contributed by atoms with Crippen molar-refractivity contribution in [2.45, 2.75) is 24.4 Å². The smallest absolute Gasteiger partial charge is 0.251 e. The first-order chi connectivity index (χ1) is 15.2. The molecule has 158 valence electrons. The molecule has 0 bridgehead atoms. The number of fused-ring (bicyclic) bond motifs is 1. The fourth-order valence-corrected chi connectivity index (χ4v) is 4.26. The Morgan fingerprint density at radius 3 is 2.52 bits per heavy atom. The standard InChI is InChI=1S/C24H24N4O2S/c1-3-26-23(29)19-8-4-17(5-9-19)15-28-22-14-25-13-12-21(22)27-24(28)31-16-18-6-10-20(30-2)11-7-18/h4-14H,3,15-16H2,1-2H3,(H,26,29). The normalized spacial score (nSPS) is 10.9. The molecular weight excluding hydrogens is 408 g/mol. The molecule has 0 saturated heterocycles. The Kier molecular flexibility index (Phi) is 6.52. The van der Waals surface area contributed by atoms with Gasteiger partial charge >= 0.3 is 0 Å². The third-order valence-electron chi connectivity index (χ3n) is 4.94. The number of benzene rings is 2. The van der Waals surface area contributed by atoms with E-state index in [9.17, 15) is 4.79 Å². The van der Waals surface area contributed by atoms with Gasteiger partial charge in [0.05, 0.1) is 30.9 Å². The van der Waals surface area contributed by atoms with E-state index in [1.54, 1.807) is 25.1 Å². The van der Waals surface area contributed by atoms with Crippen LogP contribution in [0.25, 0.3) is 11.0 Å². The van der Waals surface area contributed by atoms with Crippen molar-refractivity contribution in [3.05, 3.63) is 83.7 Å². The summed E-state index contributed by atoms with van der Waals surface area (Å²) in [5, 5.41) is 3.76. The first-order valence-corrected chi connectivity index (χ1v) is 11.1. The van der Waals surface area contributed by atoms with Crippen LogP contribution in [0.2, 0.25) is 0 Å². The minimum absolute atomic E-state index is 0.0536. The zero-order valence-electron chi connectivity index (χ0n) is 17.5. The highest BCUT2D eigenvalue weighted by molar-refractivity contribution is 7.98. The van der Waals surface area contributed by atoms with Crippen molar-refractivity contribution < 1.29 is 9.53 Å². The first-order valence-electron chi connectivity index (χ1n) is 10.1. The number of amides is 1. The lowest BCUT2D eigenvalue weighted by Gasteiger charge is -2.10. The number of thioether (sulfide) groups is 1. The van der Waals surface area contributed by atoms with Gasteiger partial charge < -0.3 is 14.6 Å². The molecule has 7 heteroatoms. The number of carbonyl (C=O) groups is 1. The molecule has 0 fully saturated rings. The molecule has 2 aromatic carbocycles. The second-order valence-corrected chi connectivity index (χ2v) is 7.98. The highest BCUT2D eigenvalue weighted by Gasteiger charge is 2.13. The molecular formula is C24H24N4O2S. The second-order valence-electron chi connectivity index (χ2n) is 7.04. The maximum absolute atomic E-state index is 12.0. The van der Waals surface area contributed by atoms with Gasteiger partial charge in [-0.05, 0) is 48.4 Å². The topological polar surface area (TPSA) is 69.0 Å². The molecule has 0 spiro atoms. The van der Waals surface area contributed by atoms with Gasteiger partial charge in [-0.25, -0.2) is 4.98 Å². The van der Waals surface area contributed by atoms with E-state index in [4.69, 9.17) is 9.72 Å². The summed E-state index contributed by atoms with van der Waals surface area (Å²) < 4.78 is 7.42. The predicted molar refractivity (Wildman–Crippen MR) is 124 cm³/mol. The van der Waals surface area contributed by atoms with Crippen LogP contribution in [0.4, 0.5) is 0 Å². The van der Waals surface area contributed by atoms with E-state index in [0.717, 1.165) is 33.3 Å². The van der Waals surface area contributed by atoms with Crippen molar-refractivity contribution in [2.24, 2.45) is 0 Å². The molecule has 1 amide bonds. The molecule has 4 rings (SSSR count). The number of nitrogens with zero attached hydrogens (tertiary/aromatic N) is 3. The lowest BCUT2D eigenvalue weighted by Crippen LogP contribution is -2.22. The van der Waals surface area contributed by atoms with E-state index in [0.29, 0.717) is 18.7 Å². The first kappa shape index (κ1) is 20.9. The maximum atomic E-state index is 12.0. The molecule has 0 radical (unpaired) electrons. The fraction of sp³-hybridized carbons (Fsp3) is 0.208. The molecule has 1 N–H and O–H groups in total. The Morgan fingerprint density at radius 2 is 1.81 bits per heavy atom. The average molecular weight is 433 g/mol. The Hall–Kier alpha value is -3.32. The number of methoxy groups -OCH3 is 1. The molecule has 6 nitrogen and oxygen atoms in total. The number of pyridine rings is 1. The summed E-state index contributed by atoms with van der Waals surface area (Å²) >= 11 is 1.69. The number of hydrogen-bond donors (Lipinski definition) is 1. The highest BCUT2D eigenvalue weighted by atomic mass is 32.2. The fourth-order valence-electron chi connectivity index (χ4n) is 3.29. The lowest BCUT2D eigenvalue weighted by atomic mass is 10.1. The molecule has 0 aliphatic heterocycles. The second kappa shape index (κ2) is 9.66. The minimum atomic E-state index is -0.0536. The van der Waals surface area contributed by atoms with E-state index in [-0.39, 0.29) is 5.91 Å². The molecule has 2 heterocycles. The van der Waals surface area contributed by atoms with Gasteiger partial charge in [-0.1, -0.05) is 36.0 Å². The minimum Gasteiger partial charge on any atom is -0.497 e. The third-order valence-corrected chi connectivity index (χ3v) is 5.98. The van der Waals surface area contributed by atoms with Crippen LogP contribution in [-0.2, 0) is 12.3 Å². The van der Waals surface area contributed by atoms with Gasteiger partial charge in [0.1, 0.15) is 5.75 Å². The van der Waals surface area contributed by atoms with Gasteiger partial charge in [0, 0.05) is 24.1 Å². The number of carbonyl (C=O) groups excluding carboxylic acids is 1. The monoisotopic (exact) mass is 432 g/mol. The number of ether oxygens (including phenoxy) is 1. The molecule has 2 aromatic heterocycles. The molecule has 0 unspecified atom stereocenters. The number of aromatic nitrogens is 3. The summed E-state index contributed by atoms with van der Waals surface area (Å²) in [6.45, 7) is 3.18. The Balaban J connectivity index is 1.56. The SMILES string of the molecule is CCNC(=O)c1ccc(Cn2c(SCc3ccc(OC)cc3)nc3ccncc32)cc1. The van der Waals surface area contributed by atoms with Gasteiger partial charge in [-0.3, -0.25) is 9.78 Å². The molecule has 31 heavy (non-hydrogen) atoms. The van der Waals surface area contributed by atoms with Crippen LogP contribution in [0.15, 0.2) is 72.1 Å². The van der Waals surface area contributed by atoms with Crippen molar-refractivity contribution in [1.29, 1.82) is 0 Å². The maximum Gasteiger partial charge on any atom is 0.251 e. The molecule has 0 aliphatic rings. The van der Waals surface area contributed by atoms with Crippen molar-refractivity contribution in [1.82, 2.24) is 19.9 Å². The Bertz CT molecular complexity index is 1170. The van der Waals surface area contributed by atoms with E-state index in [1.807, 2.05) is 55.6 Å². The Labute approximate surface area is 185 Å². The van der Waals surface area contributed by atoms with Gasteiger partial charge in [-0.15, -0.1) is 0 Å². The molecule has 0 aliphatic carbocycles. The van der Waals surface area contributed by atoms with Crippen LogP contribution in [0.1, 0.15) is 28.4 Å². The quantitative estimate of drug-likeness (QED) is 0.414. The van der Waals surface area contributed by atoms with Crippen LogP contribution in [0.5, 0.6) is 5.75 Å².